The number of nitrogens with zero attached hydrogens (tertiary/aromatic N) is 3. The number of amides is 4. The minimum atomic E-state index is -4.78. The smallest absolute Gasteiger partial charge is 0.417 e. The van der Waals surface area contributed by atoms with Gasteiger partial charge in [-0.2, -0.15) is 18.2 Å². The van der Waals surface area contributed by atoms with Crippen LogP contribution in [0.3, 0.4) is 0 Å². The van der Waals surface area contributed by atoms with Gasteiger partial charge < -0.3 is 5.11 Å². The third kappa shape index (κ3) is 5.54. The van der Waals surface area contributed by atoms with Crippen LogP contribution in [0.15, 0.2) is 97.2 Å². The molecule has 280 valence electrons. The Labute approximate surface area is 320 Å². The van der Waals surface area contributed by atoms with Crippen molar-refractivity contribution in [1.29, 1.82) is 0 Å². The van der Waals surface area contributed by atoms with E-state index >= 15 is 9.18 Å². The van der Waals surface area contributed by atoms with Crippen molar-refractivity contribution in [3.05, 3.63) is 135 Å². The number of benzene rings is 3. The van der Waals surface area contributed by atoms with Crippen LogP contribution in [0.2, 0.25) is 10.0 Å². The van der Waals surface area contributed by atoms with Crippen molar-refractivity contribution < 1.29 is 41.8 Å². The van der Waals surface area contributed by atoms with Gasteiger partial charge in [-0.25, -0.2) is 9.37 Å². The van der Waals surface area contributed by atoms with Gasteiger partial charge in [-0.3, -0.25) is 29.5 Å². The highest BCUT2D eigenvalue weighted by Crippen LogP contribution is 2.64. The maximum absolute atomic E-state index is 15.3. The van der Waals surface area contributed by atoms with E-state index in [1.165, 1.54) is 18.2 Å². The standard InChI is InChI=1S/C40H28Cl2F4N4O5/c1-2-19-3-10-24(11-4-19)49-35(52)26-13-12-25-27(32(26)37(49)54)17-28-36(53)50(48-34-29(42)16-22(18-47-34)40(44,45)46)38(55)39(28,21-6-8-23(41)9-7-21)33(25)20-5-14-31(51)30(43)15-20/h2-12,14-16,18,26-28,32-33,51H,1,13,17H2,(H,47,48). The summed E-state index contributed by atoms with van der Waals surface area (Å²) in [5.41, 5.74) is 1.65. The van der Waals surface area contributed by atoms with Crippen LogP contribution in [0, 0.1) is 29.5 Å². The Kier molecular flexibility index (Phi) is 8.65. The normalized spacial score (nSPS) is 26.1. The maximum Gasteiger partial charge on any atom is 0.417 e. The number of carbonyl (C=O) groups excluding carboxylic acids is 4. The van der Waals surface area contributed by atoms with E-state index in [1.807, 2.05) is 0 Å². The zero-order valence-corrected chi connectivity index (χ0v) is 29.9. The number of rotatable bonds is 6. The Balaban J connectivity index is 1.30. The summed E-state index contributed by atoms with van der Waals surface area (Å²) in [5.74, 6) is -9.72. The number of imide groups is 2. The molecule has 3 fully saturated rings. The van der Waals surface area contributed by atoms with Crippen LogP contribution in [0.25, 0.3) is 6.08 Å². The second kappa shape index (κ2) is 13.1. The fourth-order valence-corrected chi connectivity index (χ4v) is 9.21. The molecule has 2 saturated heterocycles. The molecule has 1 saturated carbocycles. The average Bonchev–Trinajstić information content (AvgIpc) is 3.54. The number of anilines is 2. The second-order valence-corrected chi connectivity index (χ2v) is 14.8. The van der Waals surface area contributed by atoms with E-state index in [1.54, 1.807) is 48.6 Å². The second-order valence-electron chi connectivity index (χ2n) is 13.9. The molecule has 6 atom stereocenters. The number of halogens is 6. The minimum absolute atomic E-state index is 0.0932. The predicted octanol–water partition coefficient (Wildman–Crippen LogP) is 8.08. The van der Waals surface area contributed by atoms with Crippen LogP contribution in [0.5, 0.6) is 5.75 Å². The molecule has 0 bridgehead atoms. The largest absolute Gasteiger partial charge is 0.505 e. The Morgan fingerprint density at radius 1 is 0.927 bits per heavy atom. The average molecular weight is 792 g/mol. The summed E-state index contributed by atoms with van der Waals surface area (Å²) in [4.78, 5) is 63.3. The molecule has 2 N–H and O–H groups in total. The number of carbonyl (C=O) groups is 4. The number of fused-ring (bicyclic) bond motifs is 4. The first kappa shape index (κ1) is 36.4. The lowest BCUT2D eigenvalue weighted by molar-refractivity contribution is -0.139. The van der Waals surface area contributed by atoms with Gasteiger partial charge in [0.2, 0.25) is 11.8 Å². The topological polar surface area (TPSA) is 120 Å². The van der Waals surface area contributed by atoms with Crippen molar-refractivity contribution in [3.63, 3.8) is 0 Å². The molecule has 15 heteroatoms. The summed E-state index contributed by atoms with van der Waals surface area (Å²) in [6.07, 6.45) is -0.911. The maximum atomic E-state index is 15.3. The Morgan fingerprint density at radius 3 is 2.27 bits per heavy atom. The van der Waals surface area contributed by atoms with Crippen LogP contribution in [0.1, 0.15) is 41.0 Å². The molecule has 8 rings (SSSR count). The summed E-state index contributed by atoms with van der Waals surface area (Å²) in [7, 11) is 0. The zero-order chi connectivity index (χ0) is 39.1. The molecule has 3 heterocycles. The first-order valence-electron chi connectivity index (χ1n) is 17.1. The highest BCUT2D eigenvalue weighted by molar-refractivity contribution is 6.33. The van der Waals surface area contributed by atoms with Crippen LogP contribution in [-0.2, 0) is 30.8 Å². The van der Waals surface area contributed by atoms with Crippen LogP contribution < -0.4 is 10.3 Å². The zero-order valence-electron chi connectivity index (χ0n) is 28.4. The van der Waals surface area contributed by atoms with Crippen molar-refractivity contribution in [2.24, 2.45) is 23.7 Å². The molecule has 0 spiro atoms. The number of hydrogen-bond donors (Lipinski definition) is 2. The Bertz CT molecular complexity index is 2350. The number of phenols is 1. The molecule has 1 aromatic heterocycles. The number of hydrazine groups is 1. The van der Waals surface area contributed by atoms with E-state index < -0.39 is 92.8 Å². The van der Waals surface area contributed by atoms with Gasteiger partial charge in [-0.1, -0.05) is 77.8 Å². The van der Waals surface area contributed by atoms with E-state index in [0.29, 0.717) is 39.1 Å². The summed E-state index contributed by atoms with van der Waals surface area (Å²) in [6.45, 7) is 3.74. The first-order valence-corrected chi connectivity index (χ1v) is 17.8. The SMILES string of the molecule is C=Cc1ccc(N2C(=O)C3CC=C4C(CC5C(=O)N(Nc6ncc(C(F)(F)F)cc6Cl)C(=O)C5(c5ccc(Cl)cc5)C4c4ccc(O)c(F)c4)C3C2=O)cc1. The number of phenolic OH excluding ortho intramolecular Hbond substituents is 1. The van der Waals surface area contributed by atoms with Crippen LogP contribution in [0.4, 0.5) is 29.1 Å². The fourth-order valence-electron chi connectivity index (χ4n) is 8.87. The number of nitrogens with one attached hydrogen (secondary N) is 1. The van der Waals surface area contributed by atoms with Crippen molar-refractivity contribution in [1.82, 2.24) is 9.99 Å². The molecule has 55 heavy (non-hydrogen) atoms. The molecule has 4 amide bonds. The van der Waals surface area contributed by atoms with Crippen molar-refractivity contribution in [3.8, 4) is 5.75 Å². The van der Waals surface area contributed by atoms with Gasteiger partial charge in [-0.15, -0.1) is 0 Å². The Morgan fingerprint density at radius 2 is 1.64 bits per heavy atom. The number of aromatic hydroxyl groups is 1. The number of hydrogen-bond acceptors (Lipinski definition) is 7. The number of allylic oxidation sites excluding steroid dienone is 2. The number of aromatic nitrogens is 1. The lowest BCUT2D eigenvalue weighted by Gasteiger charge is -2.50. The van der Waals surface area contributed by atoms with Crippen molar-refractivity contribution >= 4 is 64.4 Å². The van der Waals surface area contributed by atoms with Crippen molar-refractivity contribution in [2.75, 3.05) is 10.3 Å². The van der Waals surface area contributed by atoms with E-state index in [4.69, 9.17) is 23.2 Å². The first-order chi connectivity index (χ1) is 26.2. The monoisotopic (exact) mass is 790 g/mol. The van der Waals surface area contributed by atoms with Gasteiger partial charge in [0.05, 0.1) is 39.4 Å². The van der Waals surface area contributed by atoms with Gasteiger partial charge in [0.25, 0.3) is 11.8 Å². The third-order valence-corrected chi connectivity index (χ3v) is 11.8. The summed E-state index contributed by atoms with van der Waals surface area (Å²) in [6, 6.07) is 17.1. The minimum Gasteiger partial charge on any atom is -0.505 e. The molecule has 0 radical (unpaired) electrons. The molecular formula is C40H28Cl2F4N4O5. The molecule has 4 aliphatic rings. The van der Waals surface area contributed by atoms with Gasteiger partial charge in [-0.05, 0) is 77.9 Å². The summed E-state index contributed by atoms with van der Waals surface area (Å²) in [5, 5.41) is 10.6. The molecule has 3 aromatic carbocycles. The Hall–Kier alpha value is -5.53. The van der Waals surface area contributed by atoms with Gasteiger partial charge in [0.1, 0.15) is 0 Å². The highest BCUT2D eigenvalue weighted by Gasteiger charge is 2.70. The highest BCUT2D eigenvalue weighted by atomic mass is 35.5. The molecule has 2 aliphatic heterocycles. The molecule has 2 aliphatic carbocycles. The molecular weight excluding hydrogens is 763 g/mol. The van der Waals surface area contributed by atoms with E-state index in [9.17, 15) is 32.7 Å². The van der Waals surface area contributed by atoms with Gasteiger partial charge >= 0.3 is 6.18 Å². The van der Waals surface area contributed by atoms with Crippen LogP contribution >= 0.6 is 23.2 Å². The van der Waals surface area contributed by atoms with E-state index in [-0.39, 0.29) is 18.4 Å². The summed E-state index contributed by atoms with van der Waals surface area (Å²) < 4.78 is 55.7. The van der Waals surface area contributed by atoms with Gasteiger partial charge in [0.15, 0.2) is 17.4 Å². The third-order valence-electron chi connectivity index (χ3n) is 11.2. The number of pyridine rings is 1. The van der Waals surface area contributed by atoms with E-state index in [2.05, 4.69) is 17.0 Å². The van der Waals surface area contributed by atoms with Crippen LogP contribution in [-0.4, -0.2) is 38.7 Å². The quantitative estimate of drug-likeness (QED) is 0.115. The lowest BCUT2D eigenvalue weighted by atomic mass is 9.49. The van der Waals surface area contributed by atoms with Crippen molar-refractivity contribution in [2.45, 2.75) is 30.4 Å². The summed E-state index contributed by atoms with van der Waals surface area (Å²) >= 11 is 12.5. The number of alkyl halides is 3. The molecule has 9 nitrogen and oxygen atoms in total. The van der Waals surface area contributed by atoms with Gasteiger partial charge in [0, 0.05) is 17.1 Å². The molecule has 4 aromatic rings. The molecule has 6 unspecified atom stereocenters. The van der Waals surface area contributed by atoms with E-state index in [0.717, 1.165) is 22.6 Å². The fraction of sp³-hybridized carbons (Fsp3) is 0.225. The lowest BCUT2D eigenvalue weighted by Crippen LogP contribution is -2.53. The predicted molar refractivity (Wildman–Crippen MR) is 194 cm³/mol.